The lowest BCUT2D eigenvalue weighted by Gasteiger charge is -2.00. The Kier molecular flexibility index (Phi) is 9.09. The van der Waals surface area contributed by atoms with Crippen molar-refractivity contribution < 1.29 is 19.4 Å². The van der Waals surface area contributed by atoms with Crippen LogP contribution in [0.25, 0.3) is 0 Å². The first-order valence-electron chi connectivity index (χ1n) is 5.44. The van der Waals surface area contributed by atoms with Crippen LogP contribution in [0, 0.1) is 11.8 Å². The number of hydrogen-bond acceptors (Lipinski definition) is 3. The van der Waals surface area contributed by atoms with Gasteiger partial charge in [0, 0.05) is 12.8 Å². The standard InChI is InChI=1S/C12H18O4/c1-2-3-10-16-12(15)9-7-5-4-6-8-11(13)14/h4-10H2,1H3,(H,13,14). The van der Waals surface area contributed by atoms with E-state index in [0.717, 1.165) is 19.3 Å². The monoisotopic (exact) mass is 226 g/mol. The number of ether oxygens (including phenoxy) is 1. The quantitative estimate of drug-likeness (QED) is 0.390. The van der Waals surface area contributed by atoms with E-state index < -0.39 is 5.97 Å². The Hall–Kier alpha value is -1.50. The van der Waals surface area contributed by atoms with Gasteiger partial charge < -0.3 is 9.84 Å². The third-order valence-corrected chi connectivity index (χ3v) is 2.00. The van der Waals surface area contributed by atoms with Gasteiger partial charge in [-0.1, -0.05) is 18.8 Å². The van der Waals surface area contributed by atoms with Crippen molar-refractivity contribution in [2.45, 2.75) is 45.4 Å². The molecule has 0 aliphatic carbocycles. The number of unbranched alkanes of at least 4 members (excludes halogenated alkanes) is 3. The third-order valence-electron chi connectivity index (χ3n) is 2.00. The predicted molar refractivity (Wildman–Crippen MR) is 59.7 cm³/mol. The average Bonchev–Trinajstić information content (AvgIpc) is 2.23. The van der Waals surface area contributed by atoms with Gasteiger partial charge in [-0.05, 0) is 19.8 Å². The maximum atomic E-state index is 11.1. The second-order valence-electron chi connectivity index (χ2n) is 3.40. The number of carbonyl (C=O) groups is 2. The summed E-state index contributed by atoms with van der Waals surface area (Å²) < 4.78 is 4.82. The lowest BCUT2D eigenvalue weighted by molar-refractivity contribution is -0.142. The summed E-state index contributed by atoms with van der Waals surface area (Å²) in [5.74, 6) is 4.28. The van der Waals surface area contributed by atoms with Crippen molar-refractivity contribution in [2.75, 3.05) is 6.61 Å². The van der Waals surface area contributed by atoms with Gasteiger partial charge in [-0.2, -0.15) is 0 Å². The van der Waals surface area contributed by atoms with E-state index in [1.54, 1.807) is 6.92 Å². The summed E-state index contributed by atoms with van der Waals surface area (Å²) in [6, 6.07) is 0. The first-order chi connectivity index (χ1) is 7.66. The Balaban J connectivity index is 3.26. The van der Waals surface area contributed by atoms with Gasteiger partial charge in [0.15, 0.2) is 6.61 Å². The summed E-state index contributed by atoms with van der Waals surface area (Å²) in [6.07, 6.45) is 3.72. The fourth-order valence-corrected chi connectivity index (χ4v) is 1.16. The van der Waals surface area contributed by atoms with Gasteiger partial charge in [-0.25, -0.2) is 0 Å². The van der Waals surface area contributed by atoms with E-state index in [4.69, 9.17) is 9.84 Å². The van der Waals surface area contributed by atoms with Gasteiger partial charge in [0.1, 0.15) is 0 Å². The van der Waals surface area contributed by atoms with Crippen molar-refractivity contribution in [2.24, 2.45) is 0 Å². The molecule has 16 heavy (non-hydrogen) atoms. The van der Waals surface area contributed by atoms with E-state index in [-0.39, 0.29) is 19.0 Å². The van der Waals surface area contributed by atoms with Crippen molar-refractivity contribution in [3.8, 4) is 11.8 Å². The molecule has 0 saturated carbocycles. The van der Waals surface area contributed by atoms with E-state index >= 15 is 0 Å². The van der Waals surface area contributed by atoms with Crippen molar-refractivity contribution in [1.82, 2.24) is 0 Å². The summed E-state index contributed by atoms with van der Waals surface area (Å²) in [4.78, 5) is 21.3. The molecule has 0 spiro atoms. The second-order valence-corrected chi connectivity index (χ2v) is 3.40. The fourth-order valence-electron chi connectivity index (χ4n) is 1.16. The first-order valence-corrected chi connectivity index (χ1v) is 5.44. The Morgan fingerprint density at radius 3 is 2.31 bits per heavy atom. The van der Waals surface area contributed by atoms with Gasteiger partial charge >= 0.3 is 11.9 Å². The largest absolute Gasteiger partial charge is 0.481 e. The maximum absolute atomic E-state index is 11.1. The second kappa shape index (κ2) is 10.0. The number of aliphatic carboxylic acids is 1. The lowest BCUT2D eigenvalue weighted by Crippen LogP contribution is -2.04. The molecular weight excluding hydrogens is 208 g/mol. The minimum absolute atomic E-state index is 0.161. The van der Waals surface area contributed by atoms with Crippen molar-refractivity contribution >= 4 is 11.9 Å². The Morgan fingerprint density at radius 1 is 1.12 bits per heavy atom. The summed E-state index contributed by atoms with van der Waals surface area (Å²) in [7, 11) is 0. The van der Waals surface area contributed by atoms with E-state index in [2.05, 4.69) is 11.8 Å². The number of rotatable bonds is 8. The highest BCUT2D eigenvalue weighted by atomic mass is 16.5. The van der Waals surface area contributed by atoms with Crippen LogP contribution in [0.1, 0.15) is 45.4 Å². The molecule has 0 aromatic rings. The molecule has 1 N–H and O–H groups in total. The Morgan fingerprint density at radius 2 is 1.75 bits per heavy atom. The molecule has 4 heteroatoms. The first kappa shape index (κ1) is 14.5. The van der Waals surface area contributed by atoms with Crippen LogP contribution in [-0.2, 0) is 14.3 Å². The number of carbonyl (C=O) groups excluding carboxylic acids is 1. The molecule has 0 unspecified atom stereocenters. The van der Waals surface area contributed by atoms with Crippen LogP contribution in [0.15, 0.2) is 0 Å². The summed E-state index contributed by atoms with van der Waals surface area (Å²) in [5, 5.41) is 8.39. The van der Waals surface area contributed by atoms with Crippen LogP contribution < -0.4 is 0 Å². The van der Waals surface area contributed by atoms with Crippen molar-refractivity contribution in [3.05, 3.63) is 0 Å². The van der Waals surface area contributed by atoms with Crippen LogP contribution in [0.2, 0.25) is 0 Å². The maximum Gasteiger partial charge on any atom is 0.306 e. The molecule has 0 aromatic carbocycles. The number of esters is 1. The highest BCUT2D eigenvalue weighted by Gasteiger charge is 2.01. The molecule has 4 nitrogen and oxygen atoms in total. The normalized spacial score (nSPS) is 9.06. The highest BCUT2D eigenvalue weighted by Crippen LogP contribution is 2.05. The Bertz CT molecular complexity index is 272. The predicted octanol–water partition coefficient (Wildman–Crippen LogP) is 1.98. The van der Waals surface area contributed by atoms with E-state index in [9.17, 15) is 9.59 Å². The zero-order chi connectivity index (χ0) is 12.2. The molecule has 0 aliphatic rings. The van der Waals surface area contributed by atoms with E-state index in [0.29, 0.717) is 12.8 Å². The SMILES string of the molecule is CC#CCOC(=O)CCCCCCC(=O)O. The van der Waals surface area contributed by atoms with Crippen LogP contribution in [-0.4, -0.2) is 23.7 Å². The smallest absolute Gasteiger partial charge is 0.306 e. The molecule has 0 aromatic heterocycles. The van der Waals surface area contributed by atoms with Gasteiger partial charge in [0.05, 0.1) is 0 Å². The lowest BCUT2D eigenvalue weighted by atomic mass is 10.1. The fraction of sp³-hybridized carbons (Fsp3) is 0.667. The minimum Gasteiger partial charge on any atom is -0.481 e. The van der Waals surface area contributed by atoms with E-state index in [1.165, 1.54) is 0 Å². The molecule has 90 valence electrons. The topological polar surface area (TPSA) is 63.6 Å². The van der Waals surface area contributed by atoms with Crippen molar-refractivity contribution in [1.29, 1.82) is 0 Å². The van der Waals surface area contributed by atoms with Gasteiger partial charge in [-0.15, -0.1) is 5.92 Å². The van der Waals surface area contributed by atoms with Gasteiger partial charge in [0.25, 0.3) is 0 Å². The number of hydrogen-bond donors (Lipinski definition) is 1. The molecule has 0 bridgehead atoms. The average molecular weight is 226 g/mol. The molecular formula is C12H18O4. The number of carboxylic acid groups (broad SMARTS) is 1. The molecule has 0 heterocycles. The van der Waals surface area contributed by atoms with Gasteiger partial charge in [-0.3, -0.25) is 9.59 Å². The molecule has 0 amide bonds. The van der Waals surface area contributed by atoms with E-state index in [1.807, 2.05) is 0 Å². The van der Waals surface area contributed by atoms with Crippen LogP contribution in [0.4, 0.5) is 0 Å². The summed E-state index contributed by atoms with van der Waals surface area (Å²) in [6.45, 7) is 1.85. The highest BCUT2D eigenvalue weighted by molar-refractivity contribution is 5.69. The third kappa shape index (κ3) is 10.6. The van der Waals surface area contributed by atoms with Gasteiger partial charge in [0.2, 0.25) is 0 Å². The zero-order valence-corrected chi connectivity index (χ0v) is 9.62. The molecule has 0 saturated heterocycles. The van der Waals surface area contributed by atoms with Crippen molar-refractivity contribution in [3.63, 3.8) is 0 Å². The molecule has 0 fully saturated rings. The zero-order valence-electron chi connectivity index (χ0n) is 9.62. The summed E-state index contributed by atoms with van der Waals surface area (Å²) >= 11 is 0. The Labute approximate surface area is 96.0 Å². The summed E-state index contributed by atoms with van der Waals surface area (Å²) in [5.41, 5.74) is 0. The van der Waals surface area contributed by atoms with Crippen LogP contribution >= 0.6 is 0 Å². The molecule has 0 rings (SSSR count). The molecule has 0 radical (unpaired) electrons. The molecule has 0 aliphatic heterocycles. The minimum atomic E-state index is -0.766. The molecule has 0 atom stereocenters. The number of carboxylic acids is 1. The van der Waals surface area contributed by atoms with Crippen LogP contribution in [0.5, 0.6) is 0 Å². The van der Waals surface area contributed by atoms with Crippen LogP contribution in [0.3, 0.4) is 0 Å².